The van der Waals surface area contributed by atoms with Crippen molar-refractivity contribution in [1.29, 1.82) is 0 Å². The minimum Gasteiger partial charge on any atom is -0.493 e. The van der Waals surface area contributed by atoms with E-state index in [9.17, 15) is 4.79 Å². The van der Waals surface area contributed by atoms with Crippen molar-refractivity contribution in [2.45, 2.75) is 6.54 Å². The number of fused-ring (bicyclic) bond motifs is 1. The van der Waals surface area contributed by atoms with E-state index in [1.807, 2.05) is 40.6 Å². The largest absolute Gasteiger partial charge is 0.493 e. The number of thiophene rings is 1. The van der Waals surface area contributed by atoms with E-state index >= 15 is 4.39 Å². The second-order valence-electron chi connectivity index (χ2n) is 10.8. The molecule has 41 heavy (non-hydrogen) atoms. The quantitative estimate of drug-likeness (QED) is 0.342. The Hall–Kier alpha value is -3.34. The van der Waals surface area contributed by atoms with E-state index in [0.717, 1.165) is 25.2 Å². The number of ether oxygens (including phenoxy) is 4. The number of anilines is 2. The Kier molecular flexibility index (Phi) is 8.05. The molecule has 6 rings (SSSR count). The minimum absolute atomic E-state index is 0.0715. The number of piperidine rings is 1. The molecule has 2 saturated heterocycles. The Morgan fingerprint density at radius 2 is 1.73 bits per heavy atom. The number of carbonyl (C=O) groups excluding carboxylic acids is 1. The third-order valence-electron chi connectivity index (χ3n) is 8.54. The van der Waals surface area contributed by atoms with Crippen LogP contribution in [0.2, 0.25) is 0 Å². The third kappa shape index (κ3) is 5.60. The van der Waals surface area contributed by atoms with Crippen molar-refractivity contribution < 1.29 is 28.1 Å². The van der Waals surface area contributed by atoms with Gasteiger partial charge >= 0.3 is 0 Å². The highest BCUT2D eigenvalue weighted by molar-refractivity contribution is 7.12. The van der Waals surface area contributed by atoms with Gasteiger partial charge in [-0.3, -0.25) is 9.69 Å². The van der Waals surface area contributed by atoms with Crippen molar-refractivity contribution in [2.24, 2.45) is 17.8 Å². The molecule has 3 aromatic rings. The van der Waals surface area contributed by atoms with Crippen LogP contribution in [0.15, 0.2) is 47.8 Å². The monoisotopic (exact) mass is 581 g/mol. The number of hydrogen-bond acceptors (Lipinski definition) is 8. The summed E-state index contributed by atoms with van der Waals surface area (Å²) in [6.45, 7) is 5.77. The molecule has 218 valence electrons. The molecule has 3 heterocycles. The number of nitrogens with zero attached hydrogens (tertiary/aromatic N) is 3. The van der Waals surface area contributed by atoms with Gasteiger partial charge in [0, 0.05) is 45.0 Å². The van der Waals surface area contributed by atoms with Crippen LogP contribution >= 0.6 is 11.3 Å². The fourth-order valence-electron chi connectivity index (χ4n) is 6.40. The van der Waals surface area contributed by atoms with Gasteiger partial charge in [0.25, 0.3) is 5.91 Å². The predicted octanol–water partition coefficient (Wildman–Crippen LogP) is 4.77. The number of rotatable bonds is 10. The molecular weight excluding hydrogens is 545 g/mol. The van der Waals surface area contributed by atoms with E-state index < -0.39 is 0 Å². The molecule has 2 aliphatic heterocycles. The SMILES string of the molecule is COc1cc(CN2CC3C(C2)C3CN(C(=O)c2cccs2)c2ccc(N3CCOCC3)c(F)c2)cc(OC)c1OC. The molecule has 1 aromatic heterocycles. The molecular formula is C31H36FN3O5S. The van der Waals surface area contributed by atoms with Gasteiger partial charge in [-0.15, -0.1) is 11.3 Å². The van der Waals surface area contributed by atoms with Gasteiger partial charge in [0.1, 0.15) is 5.82 Å². The van der Waals surface area contributed by atoms with E-state index in [0.29, 0.717) is 84.1 Å². The zero-order valence-electron chi connectivity index (χ0n) is 23.7. The first-order valence-corrected chi connectivity index (χ1v) is 14.9. The highest BCUT2D eigenvalue weighted by Crippen LogP contribution is 2.53. The number of morpholine rings is 1. The lowest BCUT2D eigenvalue weighted by Crippen LogP contribution is -2.37. The second-order valence-corrected chi connectivity index (χ2v) is 11.8. The Labute approximate surface area is 244 Å². The van der Waals surface area contributed by atoms with Gasteiger partial charge in [-0.1, -0.05) is 6.07 Å². The zero-order chi connectivity index (χ0) is 28.5. The van der Waals surface area contributed by atoms with E-state index in [2.05, 4.69) is 4.90 Å². The van der Waals surface area contributed by atoms with Crippen molar-refractivity contribution in [3.05, 3.63) is 64.1 Å². The van der Waals surface area contributed by atoms with Gasteiger partial charge in [0.2, 0.25) is 5.75 Å². The van der Waals surface area contributed by atoms with Crippen molar-refractivity contribution >= 4 is 28.6 Å². The number of halogens is 1. The Morgan fingerprint density at radius 1 is 1.02 bits per heavy atom. The fraction of sp³-hybridized carbons (Fsp3) is 0.452. The smallest absolute Gasteiger partial charge is 0.268 e. The van der Waals surface area contributed by atoms with Crippen LogP contribution in [0.1, 0.15) is 15.2 Å². The van der Waals surface area contributed by atoms with Gasteiger partial charge in [-0.05, 0) is 65.1 Å². The summed E-state index contributed by atoms with van der Waals surface area (Å²) < 4.78 is 37.3. The molecule has 2 aromatic carbocycles. The summed E-state index contributed by atoms with van der Waals surface area (Å²) >= 11 is 1.42. The van der Waals surface area contributed by atoms with Crippen molar-refractivity contribution in [3.8, 4) is 17.2 Å². The summed E-state index contributed by atoms with van der Waals surface area (Å²) in [6.07, 6.45) is 0. The first-order valence-electron chi connectivity index (χ1n) is 14.0. The first kappa shape index (κ1) is 27.8. The van der Waals surface area contributed by atoms with Crippen LogP contribution in [-0.2, 0) is 11.3 Å². The highest BCUT2D eigenvalue weighted by Gasteiger charge is 2.56. The van der Waals surface area contributed by atoms with E-state index in [1.165, 1.54) is 17.4 Å². The summed E-state index contributed by atoms with van der Waals surface area (Å²) in [7, 11) is 4.86. The van der Waals surface area contributed by atoms with Gasteiger partial charge in [-0.2, -0.15) is 0 Å². The molecule has 2 atom stereocenters. The zero-order valence-corrected chi connectivity index (χ0v) is 24.5. The molecule has 1 amide bonds. The molecule has 0 N–H and O–H groups in total. The number of hydrogen-bond donors (Lipinski definition) is 0. The Balaban J connectivity index is 1.15. The van der Waals surface area contributed by atoms with Gasteiger partial charge in [-0.25, -0.2) is 4.39 Å². The summed E-state index contributed by atoms with van der Waals surface area (Å²) in [6, 6.07) is 12.9. The van der Waals surface area contributed by atoms with E-state index in [-0.39, 0.29) is 11.7 Å². The Morgan fingerprint density at radius 3 is 2.32 bits per heavy atom. The summed E-state index contributed by atoms with van der Waals surface area (Å²) in [5, 5.41) is 1.90. The standard InChI is InChI=1S/C31H36FN3O5S/c1-37-27-13-20(14-28(38-2)30(27)39-3)16-33-17-22-23(18-33)24(22)19-35(31(36)29-5-4-12-41-29)21-6-7-26(25(32)15-21)34-8-10-40-11-9-34/h4-7,12-15,22-24H,8-11,16-19H2,1-3H3. The van der Waals surface area contributed by atoms with Crippen molar-refractivity contribution in [1.82, 2.24) is 4.90 Å². The normalized spacial score (nSPS) is 21.9. The van der Waals surface area contributed by atoms with Crippen LogP contribution in [0, 0.1) is 23.6 Å². The summed E-state index contributed by atoms with van der Waals surface area (Å²) in [5.41, 5.74) is 2.27. The Bertz CT molecular complexity index is 1340. The molecule has 3 aliphatic rings. The maximum Gasteiger partial charge on any atom is 0.268 e. The van der Waals surface area contributed by atoms with Crippen LogP contribution in [0.25, 0.3) is 0 Å². The van der Waals surface area contributed by atoms with Crippen LogP contribution in [0.3, 0.4) is 0 Å². The number of methoxy groups -OCH3 is 3. The lowest BCUT2D eigenvalue weighted by Gasteiger charge is -2.30. The average molecular weight is 582 g/mol. The van der Waals surface area contributed by atoms with Gasteiger partial charge < -0.3 is 28.7 Å². The number of benzene rings is 2. The summed E-state index contributed by atoms with van der Waals surface area (Å²) in [5.74, 6) is 2.92. The van der Waals surface area contributed by atoms with Crippen LogP contribution in [-0.4, -0.2) is 78.1 Å². The number of likely N-dealkylation sites (tertiary alicyclic amines) is 1. The fourth-order valence-corrected chi connectivity index (χ4v) is 7.07. The lowest BCUT2D eigenvalue weighted by atomic mass is 10.1. The van der Waals surface area contributed by atoms with Crippen LogP contribution in [0.4, 0.5) is 15.8 Å². The van der Waals surface area contributed by atoms with Crippen LogP contribution < -0.4 is 24.0 Å². The summed E-state index contributed by atoms with van der Waals surface area (Å²) in [4.78, 5) is 20.5. The molecule has 10 heteroatoms. The maximum absolute atomic E-state index is 15.3. The third-order valence-corrected chi connectivity index (χ3v) is 9.40. The maximum atomic E-state index is 15.3. The molecule has 0 bridgehead atoms. The van der Waals surface area contributed by atoms with E-state index in [1.54, 1.807) is 32.3 Å². The lowest BCUT2D eigenvalue weighted by molar-refractivity contribution is 0.0988. The topological polar surface area (TPSA) is 63.7 Å². The molecule has 3 fully saturated rings. The molecule has 2 unspecified atom stereocenters. The molecule has 0 spiro atoms. The number of carbonyl (C=O) groups is 1. The average Bonchev–Trinajstić information content (AvgIpc) is 3.37. The second kappa shape index (κ2) is 11.9. The van der Waals surface area contributed by atoms with Crippen molar-refractivity contribution in [2.75, 3.05) is 77.1 Å². The van der Waals surface area contributed by atoms with Gasteiger partial charge in [0.15, 0.2) is 11.5 Å². The molecule has 0 radical (unpaired) electrons. The molecule has 8 nitrogen and oxygen atoms in total. The van der Waals surface area contributed by atoms with Crippen LogP contribution in [0.5, 0.6) is 17.2 Å². The minimum atomic E-state index is -0.305. The molecule has 1 saturated carbocycles. The first-order chi connectivity index (χ1) is 20.0. The highest BCUT2D eigenvalue weighted by atomic mass is 32.1. The molecule has 1 aliphatic carbocycles. The van der Waals surface area contributed by atoms with Gasteiger partial charge in [0.05, 0.1) is 45.1 Å². The van der Waals surface area contributed by atoms with E-state index in [4.69, 9.17) is 18.9 Å². The van der Waals surface area contributed by atoms with Crippen molar-refractivity contribution in [3.63, 3.8) is 0 Å². The predicted molar refractivity (Wildman–Crippen MR) is 157 cm³/mol. The number of amides is 1.